The average Bonchev–Trinajstić information content (AvgIpc) is 3.17. The molecule has 0 aromatic carbocycles. The highest BCUT2D eigenvalue weighted by Crippen LogP contribution is 2.47. The summed E-state index contributed by atoms with van der Waals surface area (Å²) in [6, 6.07) is 3.95. The normalized spacial score (nSPS) is 24.5. The molecule has 148 valence electrons. The molecule has 1 atom stereocenters. The lowest BCUT2D eigenvalue weighted by molar-refractivity contribution is -0.137. The number of carbonyl (C=O) groups is 1. The van der Waals surface area contributed by atoms with Crippen LogP contribution in [0.2, 0.25) is 0 Å². The number of pyridine rings is 1. The van der Waals surface area contributed by atoms with Gasteiger partial charge >= 0.3 is 0 Å². The molecule has 1 saturated carbocycles. The van der Waals surface area contributed by atoms with Gasteiger partial charge in [0.25, 0.3) is 5.89 Å². The average molecular weight is 382 g/mol. The number of likely N-dealkylation sites (tertiary alicyclic amines) is 1. The predicted molar refractivity (Wildman–Crippen MR) is 102 cm³/mol. The molecule has 1 unspecified atom stereocenters. The molecule has 0 radical (unpaired) electrons. The molecule has 2 aliphatic heterocycles. The molecule has 2 saturated heterocycles. The molecular weight excluding hydrogens is 356 g/mol. The molecular formula is C21H26N4O3. The number of aromatic nitrogens is 3. The van der Waals surface area contributed by atoms with Crippen LogP contribution in [0, 0.1) is 5.41 Å². The Balaban J connectivity index is 1.25. The van der Waals surface area contributed by atoms with Crippen molar-refractivity contribution in [3.63, 3.8) is 0 Å². The largest absolute Gasteiger partial charge is 0.381 e. The van der Waals surface area contributed by atoms with Crippen molar-refractivity contribution in [2.24, 2.45) is 5.41 Å². The van der Waals surface area contributed by atoms with Crippen LogP contribution >= 0.6 is 0 Å². The van der Waals surface area contributed by atoms with Crippen molar-refractivity contribution in [2.45, 2.75) is 50.9 Å². The Hall–Kier alpha value is -2.28. The van der Waals surface area contributed by atoms with Gasteiger partial charge in [-0.25, -0.2) is 0 Å². The summed E-state index contributed by atoms with van der Waals surface area (Å²) >= 11 is 0. The van der Waals surface area contributed by atoms with Gasteiger partial charge < -0.3 is 14.2 Å². The number of hydrogen-bond acceptors (Lipinski definition) is 6. The van der Waals surface area contributed by atoms with E-state index < -0.39 is 0 Å². The van der Waals surface area contributed by atoms with Crippen molar-refractivity contribution < 1.29 is 14.1 Å². The van der Waals surface area contributed by atoms with Crippen molar-refractivity contribution in [1.29, 1.82) is 0 Å². The summed E-state index contributed by atoms with van der Waals surface area (Å²) in [5.74, 6) is 2.21. The third-order valence-corrected chi connectivity index (χ3v) is 6.48. The van der Waals surface area contributed by atoms with E-state index in [1.165, 1.54) is 0 Å². The van der Waals surface area contributed by atoms with Gasteiger partial charge in [0.05, 0.1) is 6.61 Å². The minimum absolute atomic E-state index is 0.0877. The van der Waals surface area contributed by atoms with Gasteiger partial charge in [0.15, 0.2) is 5.82 Å². The molecule has 1 aliphatic carbocycles. The number of piperidine rings is 1. The van der Waals surface area contributed by atoms with Crippen LogP contribution in [0.1, 0.15) is 62.4 Å². The molecule has 28 heavy (non-hydrogen) atoms. The van der Waals surface area contributed by atoms with Gasteiger partial charge in [-0.3, -0.25) is 9.78 Å². The van der Waals surface area contributed by atoms with Gasteiger partial charge in [0.2, 0.25) is 5.91 Å². The number of ether oxygens (including phenoxy) is 1. The Morgan fingerprint density at radius 1 is 1.21 bits per heavy atom. The van der Waals surface area contributed by atoms with Gasteiger partial charge in [-0.2, -0.15) is 4.98 Å². The van der Waals surface area contributed by atoms with E-state index in [2.05, 4.69) is 22.0 Å². The summed E-state index contributed by atoms with van der Waals surface area (Å²) in [6.45, 7) is 5.16. The summed E-state index contributed by atoms with van der Waals surface area (Å²) in [5, 5.41) is 4.24. The lowest BCUT2D eigenvalue weighted by Crippen LogP contribution is -2.41. The number of nitrogens with zero attached hydrogens (tertiary/aromatic N) is 4. The van der Waals surface area contributed by atoms with Crippen molar-refractivity contribution in [2.75, 3.05) is 26.3 Å². The van der Waals surface area contributed by atoms with Crippen LogP contribution < -0.4 is 0 Å². The summed E-state index contributed by atoms with van der Waals surface area (Å²) in [5.41, 5.74) is 1.84. The van der Waals surface area contributed by atoms with Gasteiger partial charge in [-0.15, -0.1) is 0 Å². The van der Waals surface area contributed by atoms with Gasteiger partial charge in [0.1, 0.15) is 0 Å². The molecule has 4 heterocycles. The summed E-state index contributed by atoms with van der Waals surface area (Å²) in [7, 11) is 0. The maximum absolute atomic E-state index is 12.5. The van der Waals surface area contributed by atoms with Crippen LogP contribution in [0.3, 0.4) is 0 Å². The van der Waals surface area contributed by atoms with Crippen molar-refractivity contribution in [1.82, 2.24) is 20.0 Å². The first-order chi connectivity index (χ1) is 13.6. The Labute approximate surface area is 164 Å². The Kier molecular flexibility index (Phi) is 4.42. The maximum atomic E-state index is 12.5. The second kappa shape index (κ2) is 6.95. The van der Waals surface area contributed by atoms with Crippen molar-refractivity contribution in [3.05, 3.63) is 29.8 Å². The van der Waals surface area contributed by atoms with Crippen LogP contribution in [0.4, 0.5) is 0 Å². The molecule has 3 fully saturated rings. The fourth-order valence-corrected chi connectivity index (χ4v) is 4.21. The standard InChI is InChI=1S/C21H26N4O3/c1-21(6-7-21)20(26)25-9-3-14(4-10-25)18-23-19(28-24-18)15-2-8-22-17(12-15)16-5-11-27-13-16/h2,8,12,14,16H,3-7,9-11,13H2,1H3. The minimum atomic E-state index is -0.0877. The molecule has 2 aromatic heterocycles. The molecule has 3 aliphatic rings. The third-order valence-electron chi connectivity index (χ3n) is 6.48. The number of hydrogen-bond donors (Lipinski definition) is 0. The first-order valence-electron chi connectivity index (χ1n) is 10.3. The zero-order chi connectivity index (χ0) is 19.1. The van der Waals surface area contributed by atoms with Crippen LogP contribution in [-0.4, -0.2) is 52.2 Å². The molecule has 7 nitrogen and oxygen atoms in total. The molecule has 0 N–H and O–H groups in total. The molecule has 2 aromatic rings. The molecule has 1 amide bonds. The topological polar surface area (TPSA) is 81.4 Å². The molecule has 0 bridgehead atoms. The van der Waals surface area contributed by atoms with Crippen LogP contribution in [0.15, 0.2) is 22.9 Å². The zero-order valence-corrected chi connectivity index (χ0v) is 16.3. The van der Waals surface area contributed by atoms with Gasteiger partial charge in [-0.05, 0) is 44.2 Å². The van der Waals surface area contributed by atoms with E-state index in [4.69, 9.17) is 9.26 Å². The van der Waals surface area contributed by atoms with Crippen LogP contribution in [-0.2, 0) is 9.53 Å². The van der Waals surface area contributed by atoms with E-state index in [9.17, 15) is 4.79 Å². The second-order valence-corrected chi connectivity index (χ2v) is 8.61. The van der Waals surface area contributed by atoms with E-state index in [1.54, 1.807) is 6.20 Å². The van der Waals surface area contributed by atoms with E-state index in [-0.39, 0.29) is 11.3 Å². The summed E-state index contributed by atoms with van der Waals surface area (Å²) in [4.78, 5) is 23.7. The molecule has 5 rings (SSSR count). The smallest absolute Gasteiger partial charge is 0.258 e. The number of rotatable bonds is 4. The maximum Gasteiger partial charge on any atom is 0.258 e. The van der Waals surface area contributed by atoms with Gasteiger partial charge in [0, 0.05) is 54.4 Å². The quantitative estimate of drug-likeness (QED) is 0.808. The Bertz CT molecular complexity index is 862. The Morgan fingerprint density at radius 3 is 2.75 bits per heavy atom. The highest BCUT2D eigenvalue weighted by molar-refractivity contribution is 5.85. The SMILES string of the molecule is CC1(C(=O)N2CCC(c3noc(-c4ccnc(C5CCOC5)c4)n3)CC2)CC1. The van der Waals surface area contributed by atoms with E-state index in [1.807, 2.05) is 17.0 Å². The van der Waals surface area contributed by atoms with Gasteiger partial charge in [-0.1, -0.05) is 12.1 Å². The fourth-order valence-electron chi connectivity index (χ4n) is 4.21. The lowest BCUT2D eigenvalue weighted by atomic mass is 9.95. The minimum Gasteiger partial charge on any atom is -0.381 e. The van der Waals surface area contributed by atoms with Crippen LogP contribution in [0.25, 0.3) is 11.5 Å². The van der Waals surface area contributed by atoms with Crippen molar-refractivity contribution >= 4 is 5.91 Å². The highest BCUT2D eigenvalue weighted by atomic mass is 16.5. The third kappa shape index (κ3) is 3.32. The first kappa shape index (κ1) is 17.8. The van der Waals surface area contributed by atoms with E-state index in [0.717, 1.165) is 75.5 Å². The number of carbonyl (C=O) groups excluding carboxylic acids is 1. The summed E-state index contributed by atoms with van der Waals surface area (Å²) < 4.78 is 11.0. The predicted octanol–water partition coefficient (Wildman–Crippen LogP) is 3.14. The lowest BCUT2D eigenvalue weighted by Gasteiger charge is -2.32. The fraction of sp³-hybridized carbons (Fsp3) is 0.619. The first-order valence-corrected chi connectivity index (χ1v) is 10.3. The monoisotopic (exact) mass is 382 g/mol. The van der Waals surface area contributed by atoms with Crippen LogP contribution in [0.5, 0.6) is 0 Å². The molecule has 0 spiro atoms. The second-order valence-electron chi connectivity index (χ2n) is 8.61. The van der Waals surface area contributed by atoms with Crippen molar-refractivity contribution in [3.8, 4) is 11.5 Å². The van der Waals surface area contributed by atoms with E-state index >= 15 is 0 Å². The number of amides is 1. The Morgan fingerprint density at radius 2 is 2.04 bits per heavy atom. The molecule has 7 heteroatoms. The summed E-state index contributed by atoms with van der Waals surface area (Å²) in [6.07, 6.45) is 6.64. The zero-order valence-electron chi connectivity index (χ0n) is 16.3. The highest BCUT2D eigenvalue weighted by Gasteiger charge is 2.47. The van der Waals surface area contributed by atoms with E-state index in [0.29, 0.717) is 17.7 Å².